The summed E-state index contributed by atoms with van der Waals surface area (Å²) in [7, 11) is 0. The highest BCUT2D eigenvalue weighted by Gasteiger charge is 2.01. The molecule has 0 aromatic heterocycles. The van der Waals surface area contributed by atoms with Crippen LogP contribution in [0, 0.1) is 0 Å². The predicted molar refractivity (Wildman–Crippen MR) is 111 cm³/mol. The van der Waals surface area contributed by atoms with Crippen LogP contribution < -0.4 is 16.2 Å². The number of thiocarbonyl (C=S) groups is 1. The van der Waals surface area contributed by atoms with Crippen molar-refractivity contribution in [2.24, 2.45) is 0 Å². The first-order valence-electron chi connectivity index (χ1n) is 7.84. The van der Waals surface area contributed by atoms with E-state index in [9.17, 15) is 4.79 Å². The van der Waals surface area contributed by atoms with Gasteiger partial charge in [0.1, 0.15) is 0 Å². The van der Waals surface area contributed by atoms with Crippen LogP contribution in [0.15, 0.2) is 59.1 Å². The van der Waals surface area contributed by atoms with Gasteiger partial charge in [-0.2, -0.15) is 0 Å². The molecular weight excluding hydrogens is 398 g/mol. The molecule has 0 heterocycles. The summed E-state index contributed by atoms with van der Waals surface area (Å²) in [5.41, 5.74) is 8.26. The fourth-order valence-electron chi connectivity index (χ4n) is 2.02. The first kappa shape index (κ1) is 19.1. The molecule has 0 fully saturated rings. The van der Waals surface area contributed by atoms with Gasteiger partial charge in [0.25, 0.3) is 5.91 Å². The highest BCUT2D eigenvalue weighted by Crippen LogP contribution is 2.17. The lowest BCUT2D eigenvalue weighted by molar-refractivity contribution is -0.116. The van der Waals surface area contributed by atoms with E-state index in [1.165, 1.54) is 11.6 Å². The number of amides is 1. The molecule has 0 radical (unpaired) electrons. The summed E-state index contributed by atoms with van der Waals surface area (Å²) in [6.07, 6.45) is 3.17. The lowest BCUT2D eigenvalue weighted by Gasteiger charge is -2.11. The van der Waals surface area contributed by atoms with Gasteiger partial charge >= 0.3 is 0 Å². The van der Waals surface area contributed by atoms with E-state index in [2.05, 4.69) is 58.1 Å². The third-order valence-corrected chi connectivity index (χ3v) is 4.16. The lowest BCUT2D eigenvalue weighted by Crippen LogP contribution is -2.43. The molecule has 1 amide bonds. The lowest BCUT2D eigenvalue weighted by atomic mass is 10.0. The number of nitrogens with one attached hydrogen (secondary N) is 3. The number of rotatable bonds is 4. The molecule has 0 saturated carbocycles. The average molecular weight is 418 g/mol. The van der Waals surface area contributed by atoms with Crippen LogP contribution in [0.4, 0.5) is 5.69 Å². The summed E-state index contributed by atoms with van der Waals surface area (Å²) in [4.78, 5) is 11.8. The number of benzene rings is 2. The Morgan fingerprint density at radius 3 is 2.28 bits per heavy atom. The molecule has 0 spiro atoms. The van der Waals surface area contributed by atoms with Gasteiger partial charge in [-0.1, -0.05) is 54.0 Å². The summed E-state index contributed by atoms with van der Waals surface area (Å²) in [6, 6.07) is 15.7. The van der Waals surface area contributed by atoms with Crippen LogP contribution in [0.25, 0.3) is 6.08 Å². The van der Waals surface area contributed by atoms with Crippen LogP contribution in [0.2, 0.25) is 0 Å². The zero-order valence-electron chi connectivity index (χ0n) is 14.0. The summed E-state index contributed by atoms with van der Waals surface area (Å²) in [6.45, 7) is 4.29. The van der Waals surface area contributed by atoms with Crippen molar-refractivity contribution in [2.45, 2.75) is 19.8 Å². The maximum absolute atomic E-state index is 11.8. The summed E-state index contributed by atoms with van der Waals surface area (Å²) < 4.78 is 0.994. The summed E-state index contributed by atoms with van der Waals surface area (Å²) in [5.74, 6) is 0.193. The Bertz CT molecular complexity index is 755. The highest BCUT2D eigenvalue weighted by atomic mass is 79.9. The van der Waals surface area contributed by atoms with Gasteiger partial charge in [0.15, 0.2) is 5.11 Å². The third-order valence-electron chi connectivity index (χ3n) is 3.43. The van der Waals surface area contributed by atoms with Gasteiger partial charge in [-0.25, -0.2) is 0 Å². The van der Waals surface area contributed by atoms with E-state index >= 15 is 0 Å². The van der Waals surface area contributed by atoms with Crippen molar-refractivity contribution in [3.63, 3.8) is 0 Å². The Hall–Kier alpha value is -2.18. The number of carbonyl (C=O) groups is 1. The van der Waals surface area contributed by atoms with Crippen LogP contribution in [-0.2, 0) is 4.79 Å². The van der Waals surface area contributed by atoms with Crippen molar-refractivity contribution in [1.29, 1.82) is 0 Å². The van der Waals surface area contributed by atoms with E-state index in [1.54, 1.807) is 6.08 Å². The molecule has 25 heavy (non-hydrogen) atoms. The van der Waals surface area contributed by atoms with E-state index in [-0.39, 0.29) is 5.91 Å². The zero-order valence-corrected chi connectivity index (χ0v) is 16.4. The van der Waals surface area contributed by atoms with Crippen molar-refractivity contribution in [3.05, 3.63) is 70.2 Å². The second-order valence-corrected chi connectivity index (χ2v) is 7.05. The fraction of sp³-hybridized carbons (Fsp3) is 0.158. The molecule has 130 valence electrons. The number of hydrogen-bond acceptors (Lipinski definition) is 2. The van der Waals surface area contributed by atoms with Gasteiger partial charge in [-0.3, -0.25) is 15.6 Å². The van der Waals surface area contributed by atoms with Crippen molar-refractivity contribution < 1.29 is 4.79 Å². The minimum Gasteiger partial charge on any atom is -0.331 e. The van der Waals surface area contributed by atoms with E-state index in [0.717, 1.165) is 15.7 Å². The molecular formula is C19H20BrN3OS. The molecule has 2 aromatic carbocycles. The van der Waals surface area contributed by atoms with Crippen LogP contribution in [0.3, 0.4) is 0 Å². The average Bonchev–Trinajstić information content (AvgIpc) is 2.60. The second kappa shape index (κ2) is 9.34. The Morgan fingerprint density at radius 1 is 1.04 bits per heavy atom. The molecule has 0 aliphatic rings. The third kappa shape index (κ3) is 6.68. The van der Waals surface area contributed by atoms with Gasteiger partial charge in [0, 0.05) is 16.2 Å². The predicted octanol–water partition coefficient (Wildman–Crippen LogP) is 4.60. The zero-order chi connectivity index (χ0) is 18.2. The molecule has 0 bridgehead atoms. The highest BCUT2D eigenvalue weighted by molar-refractivity contribution is 9.10. The number of hydrazine groups is 1. The second-order valence-electron chi connectivity index (χ2n) is 5.73. The molecule has 0 saturated heterocycles. The summed E-state index contributed by atoms with van der Waals surface area (Å²) in [5, 5.41) is 3.34. The molecule has 0 aliphatic carbocycles. The first-order chi connectivity index (χ1) is 11.9. The van der Waals surface area contributed by atoms with Crippen molar-refractivity contribution in [3.8, 4) is 0 Å². The van der Waals surface area contributed by atoms with Crippen LogP contribution in [0.1, 0.15) is 30.9 Å². The first-order valence-corrected chi connectivity index (χ1v) is 9.05. The standard InChI is InChI=1S/C19H20BrN3OS/c1-13(2)15-6-10-17(11-7-15)21-19(25)23-22-18(24)12-5-14-3-8-16(20)9-4-14/h3-13H,1-2H3,(H,22,24)(H2,21,23,25)/b12-5+. The van der Waals surface area contributed by atoms with Gasteiger partial charge in [-0.05, 0) is 59.6 Å². The number of anilines is 1. The molecule has 6 heteroatoms. The van der Waals surface area contributed by atoms with Crippen LogP contribution >= 0.6 is 28.1 Å². The van der Waals surface area contributed by atoms with Gasteiger partial charge in [0.2, 0.25) is 0 Å². The minimum atomic E-state index is -0.290. The normalized spacial score (nSPS) is 10.7. The Balaban J connectivity index is 1.78. The largest absolute Gasteiger partial charge is 0.331 e. The number of halogens is 1. The van der Waals surface area contributed by atoms with E-state index in [4.69, 9.17) is 12.2 Å². The fourth-order valence-corrected chi connectivity index (χ4v) is 2.45. The molecule has 4 nitrogen and oxygen atoms in total. The Kier molecular flexibility index (Phi) is 7.16. The number of carbonyl (C=O) groups excluding carboxylic acids is 1. The minimum absolute atomic E-state index is 0.290. The number of hydrogen-bond donors (Lipinski definition) is 3. The topological polar surface area (TPSA) is 53.2 Å². The van der Waals surface area contributed by atoms with Crippen LogP contribution in [0.5, 0.6) is 0 Å². The van der Waals surface area contributed by atoms with Crippen molar-refractivity contribution in [1.82, 2.24) is 10.9 Å². The van der Waals surface area contributed by atoms with E-state index < -0.39 is 0 Å². The maximum atomic E-state index is 11.8. The molecule has 0 unspecified atom stereocenters. The van der Waals surface area contributed by atoms with Crippen molar-refractivity contribution >= 4 is 50.9 Å². The molecule has 2 rings (SSSR count). The molecule has 0 aliphatic heterocycles. The van der Waals surface area contributed by atoms with E-state index in [0.29, 0.717) is 11.0 Å². The Labute approximate surface area is 161 Å². The quantitative estimate of drug-likeness (QED) is 0.386. The van der Waals surface area contributed by atoms with Gasteiger partial charge < -0.3 is 5.32 Å². The molecule has 0 atom stereocenters. The van der Waals surface area contributed by atoms with Gasteiger partial charge in [-0.15, -0.1) is 0 Å². The monoisotopic (exact) mass is 417 g/mol. The Morgan fingerprint density at radius 2 is 1.68 bits per heavy atom. The molecule has 2 aromatic rings. The maximum Gasteiger partial charge on any atom is 0.262 e. The SMILES string of the molecule is CC(C)c1ccc(NC(=S)NNC(=O)/C=C/c2ccc(Br)cc2)cc1. The summed E-state index contributed by atoms with van der Waals surface area (Å²) >= 11 is 8.53. The van der Waals surface area contributed by atoms with Crippen molar-refractivity contribution in [2.75, 3.05) is 5.32 Å². The molecule has 3 N–H and O–H groups in total. The van der Waals surface area contributed by atoms with Crippen LogP contribution in [-0.4, -0.2) is 11.0 Å². The smallest absolute Gasteiger partial charge is 0.262 e. The van der Waals surface area contributed by atoms with Gasteiger partial charge in [0.05, 0.1) is 0 Å². The van der Waals surface area contributed by atoms with E-state index in [1.807, 2.05) is 36.4 Å².